The summed E-state index contributed by atoms with van der Waals surface area (Å²) in [4.78, 5) is 0.237. The Bertz CT molecular complexity index is 477. The number of sulfonamides is 1. The third-order valence-electron chi connectivity index (χ3n) is 2.89. The van der Waals surface area contributed by atoms with Crippen LogP contribution in [0.3, 0.4) is 0 Å². The zero-order valence-corrected chi connectivity index (χ0v) is 11.1. The first-order chi connectivity index (χ1) is 8.62. The number of hydrogen-bond acceptors (Lipinski definition) is 4. The van der Waals surface area contributed by atoms with Crippen LogP contribution in [0.5, 0.6) is 5.75 Å². The molecule has 18 heavy (non-hydrogen) atoms. The Hall–Kier alpha value is -1.11. The molecule has 0 amide bonds. The summed E-state index contributed by atoms with van der Waals surface area (Å²) in [7, 11) is -1.92. The van der Waals surface area contributed by atoms with Crippen molar-refractivity contribution in [3.63, 3.8) is 0 Å². The van der Waals surface area contributed by atoms with E-state index in [0.29, 0.717) is 12.3 Å². The van der Waals surface area contributed by atoms with E-state index in [1.807, 2.05) is 0 Å². The molecule has 1 atom stereocenters. The lowest BCUT2D eigenvalue weighted by molar-refractivity contribution is 0.114. The van der Waals surface area contributed by atoms with Crippen molar-refractivity contribution in [3.8, 4) is 5.75 Å². The van der Waals surface area contributed by atoms with Gasteiger partial charge >= 0.3 is 0 Å². The summed E-state index contributed by atoms with van der Waals surface area (Å²) >= 11 is 0. The van der Waals surface area contributed by atoms with E-state index >= 15 is 0 Å². The molecular formula is C12H17NO4S. The second-order valence-corrected chi connectivity index (χ2v) is 5.93. The lowest BCUT2D eigenvalue weighted by atomic mass is 10.2. The SMILES string of the molecule is COc1ccc(S(=O)(=O)NC[C@H]2CCCO2)cc1. The van der Waals surface area contributed by atoms with E-state index in [4.69, 9.17) is 9.47 Å². The average molecular weight is 271 g/mol. The van der Waals surface area contributed by atoms with Gasteiger partial charge in [0, 0.05) is 13.2 Å². The zero-order valence-electron chi connectivity index (χ0n) is 10.3. The Kier molecular flexibility index (Phi) is 4.21. The smallest absolute Gasteiger partial charge is 0.240 e. The minimum Gasteiger partial charge on any atom is -0.497 e. The predicted octanol–water partition coefficient (Wildman–Crippen LogP) is 1.15. The van der Waals surface area contributed by atoms with Crippen molar-refractivity contribution in [2.24, 2.45) is 0 Å². The highest BCUT2D eigenvalue weighted by atomic mass is 32.2. The topological polar surface area (TPSA) is 64.6 Å². The highest BCUT2D eigenvalue weighted by molar-refractivity contribution is 7.89. The van der Waals surface area contributed by atoms with Gasteiger partial charge in [-0.05, 0) is 37.1 Å². The van der Waals surface area contributed by atoms with Gasteiger partial charge in [-0.1, -0.05) is 0 Å². The van der Waals surface area contributed by atoms with Gasteiger partial charge in [-0.3, -0.25) is 0 Å². The summed E-state index contributed by atoms with van der Waals surface area (Å²) in [6, 6.07) is 6.30. The number of ether oxygens (including phenoxy) is 2. The summed E-state index contributed by atoms with van der Waals surface area (Å²) in [6.45, 7) is 1.04. The Morgan fingerprint density at radius 2 is 2.11 bits per heavy atom. The fourth-order valence-corrected chi connectivity index (χ4v) is 2.91. The van der Waals surface area contributed by atoms with E-state index in [0.717, 1.165) is 19.4 Å². The Labute approximate surface area is 107 Å². The molecular weight excluding hydrogens is 254 g/mol. The highest BCUT2D eigenvalue weighted by Crippen LogP contribution is 2.16. The summed E-state index contributed by atoms with van der Waals surface area (Å²) in [6.07, 6.45) is 1.90. The number of nitrogens with one attached hydrogen (secondary N) is 1. The maximum absolute atomic E-state index is 12.0. The first-order valence-corrected chi connectivity index (χ1v) is 7.35. The quantitative estimate of drug-likeness (QED) is 0.872. The summed E-state index contributed by atoms with van der Waals surface area (Å²) in [5, 5.41) is 0. The molecule has 0 aliphatic carbocycles. The molecule has 0 unspecified atom stereocenters. The fourth-order valence-electron chi connectivity index (χ4n) is 1.85. The molecule has 0 aromatic heterocycles. The van der Waals surface area contributed by atoms with Gasteiger partial charge in [-0.25, -0.2) is 13.1 Å². The first-order valence-electron chi connectivity index (χ1n) is 5.87. The van der Waals surface area contributed by atoms with Crippen molar-refractivity contribution < 1.29 is 17.9 Å². The van der Waals surface area contributed by atoms with Crippen LogP contribution < -0.4 is 9.46 Å². The van der Waals surface area contributed by atoms with Gasteiger partial charge < -0.3 is 9.47 Å². The maximum Gasteiger partial charge on any atom is 0.240 e. The van der Waals surface area contributed by atoms with Crippen LogP contribution in [0, 0.1) is 0 Å². The third kappa shape index (κ3) is 3.22. The van der Waals surface area contributed by atoms with Crippen LogP contribution in [0.4, 0.5) is 0 Å². The number of benzene rings is 1. The second-order valence-electron chi connectivity index (χ2n) is 4.16. The minimum atomic E-state index is -3.46. The largest absolute Gasteiger partial charge is 0.497 e. The van der Waals surface area contributed by atoms with Gasteiger partial charge in [0.1, 0.15) is 5.75 Å². The van der Waals surface area contributed by atoms with Crippen LogP contribution in [0.1, 0.15) is 12.8 Å². The Morgan fingerprint density at radius 1 is 1.39 bits per heavy atom. The standard InChI is InChI=1S/C12H17NO4S/c1-16-10-4-6-12(7-5-10)18(14,15)13-9-11-3-2-8-17-11/h4-7,11,13H,2-3,8-9H2,1H3/t11-/m1/s1. The summed E-state index contributed by atoms with van der Waals surface area (Å²) in [5.74, 6) is 0.632. The van der Waals surface area contributed by atoms with Crippen LogP contribution in [0.2, 0.25) is 0 Å². The molecule has 2 rings (SSSR count). The average Bonchev–Trinajstić information content (AvgIpc) is 2.90. The predicted molar refractivity (Wildman–Crippen MR) is 67.2 cm³/mol. The van der Waals surface area contributed by atoms with E-state index in [9.17, 15) is 8.42 Å². The number of hydrogen-bond donors (Lipinski definition) is 1. The normalized spacial score (nSPS) is 19.9. The maximum atomic E-state index is 12.0. The fraction of sp³-hybridized carbons (Fsp3) is 0.500. The van der Waals surface area contributed by atoms with Crippen molar-refractivity contribution in [1.82, 2.24) is 4.72 Å². The van der Waals surface area contributed by atoms with Gasteiger partial charge in [-0.15, -0.1) is 0 Å². The van der Waals surface area contributed by atoms with Gasteiger partial charge in [0.15, 0.2) is 0 Å². The molecule has 1 aromatic carbocycles. The van der Waals surface area contributed by atoms with E-state index in [-0.39, 0.29) is 11.0 Å². The lowest BCUT2D eigenvalue weighted by Crippen LogP contribution is -2.31. The molecule has 1 aliphatic heterocycles. The molecule has 1 fully saturated rings. The molecule has 1 aliphatic rings. The van der Waals surface area contributed by atoms with E-state index in [1.54, 1.807) is 19.2 Å². The third-order valence-corrected chi connectivity index (χ3v) is 4.33. The molecule has 100 valence electrons. The Morgan fingerprint density at radius 3 is 2.67 bits per heavy atom. The van der Waals surface area contributed by atoms with Crippen LogP contribution >= 0.6 is 0 Å². The van der Waals surface area contributed by atoms with Gasteiger partial charge in [0.05, 0.1) is 18.1 Å². The minimum absolute atomic E-state index is 0.00183. The van der Waals surface area contributed by atoms with Crippen LogP contribution in [0.25, 0.3) is 0 Å². The number of methoxy groups -OCH3 is 1. The first kappa shape index (κ1) is 13.3. The van der Waals surface area contributed by atoms with Crippen molar-refractivity contribution in [1.29, 1.82) is 0 Å². The molecule has 0 bridgehead atoms. The molecule has 1 aromatic rings. The van der Waals surface area contributed by atoms with Gasteiger partial charge in [0.25, 0.3) is 0 Å². The van der Waals surface area contributed by atoms with Crippen LogP contribution in [-0.2, 0) is 14.8 Å². The van der Waals surface area contributed by atoms with E-state index in [2.05, 4.69) is 4.72 Å². The zero-order chi connectivity index (χ0) is 13.0. The molecule has 5 nitrogen and oxygen atoms in total. The molecule has 0 spiro atoms. The van der Waals surface area contributed by atoms with Crippen LogP contribution in [0.15, 0.2) is 29.2 Å². The molecule has 6 heteroatoms. The highest BCUT2D eigenvalue weighted by Gasteiger charge is 2.20. The second kappa shape index (κ2) is 5.69. The van der Waals surface area contributed by atoms with E-state index in [1.165, 1.54) is 12.1 Å². The van der Waals surface area contributed by atoms with E-state index < -0.39 is 10.0 Å². The summed E-state index contributed by atoms with van der Waals surface area (Å²) in [5.41, 5.74) is 0. The molecule has 1 N–H and O–H groups in total. The van der Waals surface area contributed by atoms with Crippen LogP contribution in [-0.4, -0.2) is 34.8 Å². The molecule has 0 saturated carbocycles. The molecule has 1 heterocycles. The van der Waals surface area contributed by atoms with Crippen molar-refractivity contribution in [2.45, 2.75) is 23.8 Å². The van der Waals surface area contributed by atoms with Gasteiger partial charge in [-0.2, -0.15) is 0 Å². The summed E-state index contributed by atoms with van der Waals surface area (Å²) < 4.78 is 36.9. The monoisotopic (exact) mass is 271 g/mol. The van der Waals surface area contributed by atoms with Crippen molar-refractivity contribution in [2.75, 3.05) is 20.3 Å². The van der Waals surface area contributed by atoms with Gasteiger partial charge in [0.2, 0.25) is 10.0 Å². The van der Waals surface area contributed by atoms with Crippen molar-refractivity contribution in [3.05, 3.63) is 24.3 Å². The molecule has 1 saturated heterocycles. The lowest BCUT2D eigenvalue weighted by Gasteiger charge is -2.11. The molecule has 0 radical (unpaired) electrons. The Balaban J connectivity index is 2.00. The van der Waals surface area contributed by atoms with Crippen molar-refractivity contribution >= 4 is 10.0 Å². The number of rotatable bonds is 5.